The van der Waals surface area contributed by atoms with Gasteiger partial charge in [0.1, 0.15) is 11.5 Å². The second kappa shape index (κ2) is 10.2. The summed E-state index contributed by atoms with van der Waals surface area (Å²) in [5, 5.41) is 0. The number of nitrogens with zero attached hydrogens (tertiary/aromatic N) is 2. The van der Waals surface area contributed by atoms with Crippen molar-refractivity contribution in [2.24, 2.45) is 0 Å². The van der Waals surface area contributed by atoms with Gasteiger partial charge in [-0.05, 0) is 42.7 Å². The van der Waals surface area contributed by atoms with E-state index in [9.17, 15) is 4.79 Å². The van der Waals surface area contributed by atoms with Gasteiger partial charge >= 0.3 is 0 Å². The van der Waals surface area contributed by atoms with Gasteiger partial charge in [-0.2, -0.15) is 0 Å². The van der Waals surface area contributed by atoms with Crippen LogP contribution in [-0.2, 0) is 11.2 Å². The third kappa shape index (κ3) is 5.22. The van der Waals surface area contributed by atoms with Crippen LogP contribution in [0.5, 0.6) is 17.2 Å². The maximum Gasteiger partial charge on any atom is 0.260 e. The van der Waals surface area contributed by atoms with Gasteiger partial charge in [-0.15, -0.1) is 0 Å². The van der Waals surface area contributed by atoms with Gasteiger partial charge in [0.05, 0.1) is 26.3 Å². The first kappa shape index (κ1) is 21.7. The van der Waals surface area contributed by atoms with Crippen molar-refractivity contribution in [1.29, 1.82) is 0 Å². The van der Waals surface area contributed by atoms with Crippen molar-refractivity contribution in [3.05, 3.63) is 71.9 Å². The molecule has 3 aromatic rings. The SMILES string of the molecule is COc1cccc(Cc2cnc(C3CCCN(C(=O)COc4ccccc4OC)C3)o2)c1. The average Bonchev–Trinajstić information content (AvgIpc) is 3.31. The van der Waals surface area contributed by atoms with Gasteiger partial charge in [0.2, 0.25) is 0 Å². The van der Waals surface area contributed by atoms with Crippen molar-refractivity contribution in [1.82, 2.24) is 9.88 Å². The Labute approximate surface area is 187 Å². The zero-order valence-corrected chi connectivity index (χ0v) is 18.5. The molecule has 1 aliphatic rings. The van der Waals surface area contributed by atoms with E-state index in [1.807, 2.05) is 47.4 Å². The van der Waals surface area contributed by atoms with Crippen LogP contribution in [-0.4, -0.2) is 49.7 Å². The first-order valence-corrected chi connectivity index (χ1v) is 10.8. The molecule has 1 unspecified atom stereocenters. The standard InChI is InChI=1S/C25H28N2O5/c1-29-20-9-5-7-18(13-20)14-21-15-26-25(32-21)19-8-6-12-27(16-19)24(28)17-31-23-11-4-3-10-22(23)30-2/h3-5,7,9-11,13,15,19H,6,8,12,14,16-17H2,1-2H3. The van der Waals surface area contributed by atoms with Crippen LogP contribution in [0, 0.1) is 0 Å². The third-order valence-electron chi connectivity index (χ3n) is 5.63. The molecule has 7 nitrogen and oxygen atoms in total. The van der Waals surface area contributed by atoms with E-state index in [0.29, 0.717) is 36.9 Å². The molecule has 1 saturated heterocycles. The predicted octanol–water partition coefficient (Wildman–Crippen LogP) is 4.07. The Morgan fingerprint density at radius 2 is 1.97 bits per heavy atom. The van der Waals surface area contributed by atoms with E-state index in [4.69, 9.17) is 18.6 Å². The van der Waals surface area contributed by atoms with Gasteiger partial charge in [-0.25, -0.2) is 4.98 Å². The Hall–Kier alpha value is -3.48. The minimum absolute atomic E-state index is 0.0280. The number of amides is 1. The van der Waals surface area contributed by atoms with Gasteiger partial charge in [-0.3, -0.25) is 4.79 Å². The van der Waals surface area contributed by atoms with Gasteiger partial charge in [0, 0.05) is 19.5 Å². The summed E-state index contributed by atoms with van der Waals surface area (Å²) in [6.07, 6.45) is 4.27. The highest BCUT2D eigenvalue weighted by Crippen LogP contribution is 2.29. The summed E-state index contributed by atoms with van der Waals surface area (Å²) in [4.78, 5) is 19.1. The maximum atomic E-state index is 12.8. The van der Waals surface area contributed by atoms with E-state index in [0.717, 1.165) is 29.9 Å². The van der Waals surface area contributed by atoms with Crippen molar-refractivity contribution in [3.63, 3.8) is 0 Å². The highest BCUT2D eigenvalue weighted by atomic mass is 16.5. The summed E-state index contributed by atoms with van der Waals surface area (Å²) in [5.41, 5.74) is 1.10. The number of aromatic nitrogens is 1. The highest BCUT2D eigenvalue weighted by Gasteiger charge is 2.28. The molecule has 2 aromatic carbocycles. The number of piperidine rings is 1. The van der Waals surface area contributed by atoms with Gasteiger partial charge in [0.15, 0.2) is 24.0 Å². The zero-order valence-electron chi connectivity index (χ0n) is 18.5. The summed E-state index contributed by atoms with van der Waals surface area (Å²) < 4.78 is 22.3. The first-order valence-electron chi connectivity index (χ1n) is 10.8. The minimum atomic E-state index is -0.0521. The quantitative estimate of drug-likeness (QED) is 0.530. The van der Waals surface area contributed by atoms with Crippen LogP contribution in [0.1, 0.15) is 36.0 Å². The number of likely N-dealkylation sites (tertiary alicyclic amines) is 1. The van der Waals surface area contributed by atoms with Crippen LogP contribution in [0.15, 0.2) is 59.1 Å². The normalized spacial score (nSPS) is 15.9. The lowest BCUT2D eigenvalue weighted by atomic mass is 9.98. The Kier molecular flexibility index (Phi) is 6.94. The molecule has 4 rings (SSSR count). The average molecular weight is 437 g/mol. The second-order valence-electron chi connectivity index (χ2n) is 7.81. The van der Waals surface area contributed by atoms with Crippen LogP contribution >= 0.6 is 0 Å². The minimum Gasteiger partial charge on any atom is -0.497 e. The van der Waals surface area contributed by atoms with E-state index in [2.05, 4.69) is 4.98 Å². The van der Waals surface area contributed by atoms with Crippen molar-refractivity contribution in [2.75, 3.05) is 33.9 Å². The summed E-state index contributed by atoms with van der Waals surface area (Å²) in [6.45, 7) is 1.26. The monoisotopic (exact) mass is 436 g/mol. The molecule has 1 fully saturated rings. The number of carbonyl (C=O) groups is 1. The van der Waals surface area contributed by atoms with E-state index < -0.39 is 0 Å². The number of hydrogen-bond donors (Lipinski definition) is 0. The number of methoxy groups -OCH3 is 2. The predicted molar refractivity (Wildman–Crippen MR) is 119 cm³/mol. The number of oxazole rings is 1. The van der Waals surface area contributed by atoms with Crippen molar-refractivity contribution >= 4 is 5.91 Å². The molecule has 7 heteroatoms. The molecule has 168 valence electrons. The molecule has 2 heterocycles. The molecular formula is C25H28N2O5. The van der Waals surface area contributed by atoms with Crippen LogP contribution in [0.4, 0.5) is 0 Å². The molecule has 1 atom stereocenters. The smallest absolute Gasteiger partial charge is 0.260 e. The van der Waals surface area contributed by atoms with Crippen molar-refractivity contribution in [2.45, 2.75) is 25.2 Å². The van der Waals surface area contributed by atoms with E-state index in [1.165, 1.54) is 0 Å². The van der Waals surface area contributed by atoms with Crippen molar-refractivity contribution < 1.29 is 23.4 Å². The summed E-state index contributed by atoms with van der Waals surface area (Å²) in [5.74, 6) is 3.51. The fourth-order valence-corrected chi connectivity index (χ4v) is 3.95. The highest BCUT2D eigenvalue weighted by molar-refractivity contribution is 5.78. The number of benzene rings is 2. The fourth-order valence-electron chi connectivity index (χ4n) is 3.95. The molecule has 1 aromatic heterocycles. The third-order valence-corrected chi connectivity index (χ3v) is 5.63. The molecule has 0 radical (unpaired) electrons. The molecule has 0 spiro atoms. The van der Waals surface area contributed by atoms with Crippen LogP contribution < -0.4 is 14.2 Å². The van der Waals surface area contributed by atoms with E-state index in [-0.39, 0.29) is 18.4 Å². The second-order valence-corrected chi connectivity index (χ2v) is 7.81. The Morgan fingerprint density at radius 3 is 2.78 bits per heavy atom. The van der Waals surface area contributed by atoms with E-state index >= 15 is 0 Å². The number of carbonyl (C=O) groups excluding carboxylic acids is 1. The van der Waals surface area contributed by atoms with Gasteiger partial charge in [-0.1, -0.05) is 24.3 Å². The first-order chi connectivity index (χ1) is 15.7. The number of rotatable bonds is 8. The largest absolute Gasteiger partial charge is 0.497 e. The molecule has 1 aliphatic heterocycles. The molecule has 0 bridgehead atoms. The molecular weight excluding hydrogens is 408 g/mol. The van der Waals surface area contributed by atoms with Gasteiger partial charge < -0.3 is 23.5 Å². The molecule has 1 amide bonds. The Morgan fingerprint density at radius 1 is 1.12 bits per heavy atom. The molecule has 32 heavy (non-hydrogen) atoms. The van der Waals surface area contributed by atoms with Crippen LogP contribution in [0.2, 0.25) is 0 Å². The maximum absolute atomic E-state index is 12.8. The molecule has 0 aliphatic carbocycles. The fraction of sp³-hybridized carbons (Fsp3) is 0.360. The number of ether oxygens (including phenoxy) is 3. The Balaban J connectivity index is 1.35. The lowest BCUT2D eigenvalue weighted by Crippen LogP contribution is -2.41. The summed E-state index contributed by atoms with van der Waals surface area (Å²) in [7, 11) is 3.24. The van der Waals surface area contributed by atoms with Crippen LogP contribution in [0.3, 0.4) is 0 Å². The zero-order chi connectivity index (χ0) is 22.3. The van der Waals surface area contributed by atoms with Crippen molar-refractivity contribution in [3.8, 4) is 17.2 Å². The molecule has 0 N–H and O–H groups in total. The van der Waals surface area contributed by atoms with Crippen LogP contribution in [0.25, 0.3) is 0 Å². The molecule has 0 saturated carbocycles. The lowest BCUT2D eigenvalue weighted by molar-refractivity contribution is -0.134. The van der Waals surface area contributed by atoms with Gasteiger partial charge in [0.25, 0.3) is 5.91 Å². The van der Waals surface area contributed by atoms with E-state index in [1.54, 1.807) is 26.5 Å². The topological polar surface area (TPSA) is 74.0 Å². The number of para-hydroxylation sites is 2. The number of hydrogen-bond acceptors (Lipinski definition) is 6. The Bertz CT molecular complexity index is 1050. The summed E-state index contributed by atoms with van der Waals surface area (Å²) >= 11 is 0. The lowest BCUT2D eigenvalue weighted by Gasteiger charge is -2.31. The summed E-state index contributed by atoms with van der Waals surface area (Å²) in [6, 6.07) is 15.2.